The predicted molar refractivity (Wildman–Crippen MR) is 91.0 cm³/mol. The van der Waals surface area contributed by atoms with Gasteiger partial charge in [0.05, 0.1) is 12.4 Å². The fourth-order valence-electron chi connectivity index (χ4n) is 1.57. The van der Waals surface area contributed by atoms with Gasteiger partial charge in [0.25, 0.3) is 0 Å². The number of ether oxygens (including phenoxy) is 1. The first-order chi connectivity index (χ1) is 9.58. The molecule has 1 aromatic carbocycles. The van der Waals surface area contributed by atoms with Crippen molar-refractivity contribution in [1.29, 1.82) is 0 Å². The van der Waals surface area contributed by atoms with Crippen LogP contribution in [0.1, 0.15) is 26.7 Å². The van der Waals surface area contributed by atoms with E-state index in [9.17, 15) is 4.79 Å². The van der Waals surface area contributed by atoms with Gasteiger partial charge in [0.1, 0.15) is 0 Å². The fraction of sp³-hybridized carbons (Fsp3) is 0.467. The number of unbranched alkanes of at least 4 members (excludes halogenated alkanes) is 1. The highest BCUT2D eigenvalue weighted by molar-refractivity contribution is 5.95. The summed E-state index contributed by atoms with van der Waals surface area (Å²) in [6.07, 6.45) is 1.48. The predicted octanol–water partition coefficient (Wildman–Crippen LogP) is 3.94. The second-order valence-electron chi connectivity index (χ2n) is 4.49. The Morgan fingerprint density at radius 2 is 1.95 bits per heavy atom. The maximum Gasteiger partial charge on any atom is 0.411 e. The van der Waals surface area contributed by atoms with Crippen LogP contribution in [0, 0.1) is 0 Å². The van der Waals surface area contributed by atoms with E-state index in [1.54, 1.807) is 7.05 Å². The average Bonchev–Trinajstić information content (AvgIpc) is 2.46. The van der Waals surface area contributed by atoms with Crippen LogP contribution in [-0.2, 0) is 4.74 Å². The third kappa shape index (κ3) is 6.49. The van der Waals surface area contributed by atoms with E-state index in [0.29, 0.717) is 6.61 Å². The molecule has 0 bridgehead atoms. The monoisotopic (exact) mass is 313 g/mol. The van der Waals surface area contributed by atoms with Gasteiger partial charge in [-0.2, -0.15) is 0 Å². The van der Waals surface area contributed by atoms with Crippen LogP contribution < -0.4 is 10.2 Å². The number of carbonyl (C=O) groups excluding carboxylic acids is 1. The Hall–Kier alpha value is -1.75. The van der Waals surface area contributed by atoms with Crippen LogP contribution in [-0.4, -0.2) is 32.6 Å². The Labute approximate surface area is 132 Å². The molecule has 1 aromatic rings. The number of benzene rings is 1. The Morgan fingerprint density at radius 1 is 1.33 bits per heavy atom. The van der Waals surface area contributed by atoms with E-state index in [-0.39, 0.29) is 12.4 Å². The van der Waals surface area contributed by atoms with Crippen molar-refractivity contribution in [2.24, 2.45) is 4.99 Å². The number of aliphatic imine (C=N–C) groups is 1. The molecule has 0 aliphatic carbocycles. The first-order valence-electron chi connectivity index (χ1n) is 6.79. The number of carbonyl (C=O) groups is 1. The summed E-state index contributed by atoms with van der Waals surface area (Å²) in [6, 6.07) is 7.54. The number of nitrogens with zero attached hydrogens (tertiary/aromatic N) is 2. The SMILES string of the molecule is CCCCOC(=O)Nc1ccc(N(C)C(C)=NC)cc1.Cl. The van der Waals surface area contributed by atoms with Gasteiger partial charge in [-0.25, -0.2) is 4.79 Å². The summed E-state index contributed by atoms with van der Waals surface area (Å²) in [7, 11) is 3.71. The Balaban J connectivity index is 0.00000400. The van der Waals surface area contributed by atoms with E-state index in [4.69, 9.17) is 4.74 Å². The minimum absolute atomic E-state index is 0. The van der Waals surface area contributed by atoms with Crippen molar-refractivity contribution in [3.63, 3.8) is 0 Å². The summed E-state index contributed by atoms with van der Waals surface area (Å²) in [5, 5.41) is 2.70. The molecule has 1 N–H and O–H groups in total. The zero-order chi connectivity index (χ0) is 15.0. The molecular weight excluding hydrogens is 290 g/mol. The lowest BCUT2D eigenvalue weighted by Crippen LogP contribution is -2.23. The van der Waals surface area contributed by atoms with Crippen LogP contribution in [0.15, 0.2) is 29.3 Å². The largest absolute Gasteiger partial charge is 0.449 e. The number of nitrogens with one attached hydrogen (secondary N) is 1. The second-order valence-corrected chi connectivity index (χ2v) is 4.49. The number of rotatable bonds is 5. The third-order valence-electron chi connectivity index (χ3n) is 3.04. The molecule has 0 heterocycles. The third-order valence-corrected chi connectivity index (χ3v) is 3.04. The molecule has 118 valence electrons. The van der Waals surface area contributed by atoms with Gasteiger partial charge >= 0.3 is 6.09 Å². The quantitative estimate of drug-likeness (QED) is 0.509. The van der Waals surface area contributed by atoms with Gasteiger partial charge < -0.3 is 9.64 Å². The van der Waals surface area contributed by atoms with Crippen molar-refractivity contribution < 1.29 is 9.53 Å². The van der Waals surface area contributed by atoms with Crippen LogP contribution in [0.3, 0.4) is 0 Å². The van der Waals surface area contributed by atoms with Crippen molar-refractivity contribution in [2.45, 2.75) is 26.7 Å². The molecule has 0 unspecified atom stereocenters. The van der Waals surface area contributed by atoms with E-state index in [2.05, 4.69) is 17.2 Å². The summed E-state index contributed by atoms with van der Waals surface area (Å²) < 4.78 is 5.04. The molecule has 5 nitrogen and oxygen atoms in total. The number of hydrogen-bond acceptors (Lipinski definition) is 3. The lowest BCUT2D eigenvalue weighted by molar-refractivity contribution is 0.160. The van der Waals surface area contributed by atoms with E-state index >= 15 is 0 Å². The first-order valence-corrected chi connectivity index (χ1v) is 6.79. The molecule has 1 amide bonds. The zero-order valence-corrected chi connectivity index (χ0v) is 13.9. The molecule has 0 saturated carbocycles. The topological polar surface area (TPSA) is 53.9 Å². The summed E-state index contributed by atoms with van der Waals surface area (Å²) in [5.41, 5.74) is 1.73. The number of anilines is 2. The molecule has 0 aliphatic rings. The molecule has 1 rings (SSSR count). The zero-order valence-electron chi connectivity index (χ0n) is 13.0. The van der Waals surface area contributed by atoms with Crippen LogP contribution in [0.25, 0.3) is 0 Å². The summed E-state index contributed by atoms with van der Waals surface area (Å²) >= 11 is 0. The van der Waals surface area contributed by atoms with Crippen molar-refractivity contribution in [1.82, 2.24) is 0 Å². The fourth-order valence-corrected chi connectivity index (χ4v) is 1.57. The highest BCUT2D eigenvalue weighted by atomic mass is 35.5. The Bertz CT molecular complexity index is 460. The van der Waals surface area contributed by atoms with Crippen LogP contribution >= 0.6 is 12.4 Å². The summed E-state index contributed by atoms with van der Waals surface area (Å²) in [6.45, 7) is 4.45. The highest BCUT2D eigenvalue weighted by Gasteiger charge is 2.05. The summed E-state index contributed by atoms with van der Waals surface area (Å²) in [5.74, 6) is 0.921. The number of amidine groups is 1. The highest BCUT2D eigenvalue weighted by Crippen LogP contribution is 2.17. The van der Waals surface area contributed by atoms with E-state index in [0.717, 1.165) is 30.1 Å². The lowest BCUT2D eigenvalue weighted by Gasteiger charge is -2.18. The maximum atomic E-state index is 11.5. The number of hydrogen-bond donors (Lipinski definition) is 1. The smallest absolute Gasteiger partial charge is 0.411 e. The van der Waals surface area contributed by atoms with Gasteiger partial charge in [0.15, 0.2) is 0 Å². The minimum atomic E-state index is -0.411. The number of amides is 1. The van der Waals surface area contributed by atoms with Gasteiger partial charge in [-0.1, -0.05) is 13.3 Å². The second kappa shape index (κ2) is 10.0. The molecule has 0 aliphatic heterocycles. The van der Waals surface area contributed by atoms with Crippen molar-refractivity contribution in [3.05, 3.63) is 24.3 Å². The maximum absolute atomic E-state index is 11.5. The average molecular weight is 314 g/mol. The molecule has 0 aromatic heterocycles. The van der Waals surface area contributed by atoms with E-state index in [1.165, 1.54) is 0 Å². The molecule has 0 saturated heterocycles. The minimum Gasteiger partial charge on any atom is -0.449 e. The Kier molecular flexibility index (Phi) is 9.21. The van der Waals surface area contributed by atoms with Gasteiger partial charge in [-0.05, 0) is 37.6 Å². The summed E-state index contributed by atoms with van der Waals surface area (Å²) in [4.78, 5) is 17.6. The standard InChI is InChI=1S/C15H23N3O2.ClH/c1-5-6-11-20-15(19)17-13-7-9-14(10-8-13)18(4)12(2)16-3;/h7-10H,5-6,11H2,1-4H3,(H,17,19);1H. The number of halogens is 1. The van der Waals surface area contributed by atoms with Crippen molar-refractivity contribution in [2.75, 3.05) is 30.9 Å². The van der Waals surface area contributed by atoms with Gasteiger partial charge in [0.2, 0.25) is 0 Å². The van der Waals surface area contributed by atoms with Crippen LogP contribution in [0.5, 0.6) is 0 Å². The van der Waals surface area contributed by atoms with E-state index < -0.39 is 6.09 Å². The van der Waals surface area contributed by atoms with Crippen LogP contribution in [0.4, 0.5) is 16.2 Å². The van der Waals surface area contributed by atoms with Crippen LogP contribution in [0.2, 0.25) is 0 Å². The molecule has 0 fully saturated rings. The van der Waals surface area contributed by atoms with Crippen molar-refractivity contribution >= 4 is 35.7 Å². The molecule has 6 heteroatoms. The van der Waals surface area contributed by atoms with Gasteiger partial charge in [0, 0.05) is 25.5 Å². The Morgan fingerprint density at radius 3 is 2.48 bits per heavy atom. The van der Waals surface area contributed by atoms with Gasteiger partial charge in [-0.3, -0.25) is 10.3 Å². The lowest BCUT2D eigenvalue weighted by atomic mass is 10.2. The molecule has 21 heavy (non-hydrogen) atoms. The molecular formula is C15H24ClN3O2. The normalized spacial score (nSPS) is 10.6. The van der Waals surface area contributed by atoms with E-state index in [1.807, 2.05) is 43.1 Å². The van der Waals surface area contributed by atoms with Gasteiger partial charge in [-0.15, -0.1) is 12.4 Å². The first kappa shape index (κ1) is 19.2. The molecule has 0 spiro atoms. The molecule has 0 radical (unpaired) electrons. The van der Waals surface area contributed by atoms with Crippen molar-refractivity contribution in [3.8, 4) is 0 Å². The molecule has 0 atom stereocenters.